The van der Waals surface area contributed by atoms with Crippen LogP contribution in [-0.2, 0) is 4.74 Å². The molecule has 1 N–H and O–H groups in total. The molecule has 1 aliphatic carbocycles. The maximum atomic E-state index is 13.8. The van der Waals surface area contributed by atoms with Crippen molar-refractivity contribution in [2.24, 2.45) is 5.92 Å². The third kappa shape index (κ3) is 4.57. The summed E-state index contributed by atoms with van der Waals surface area (Å²) in [5, 5.41) is 3.31. The molecular formula is C17H26FNO. The average Bonchev–Trinajstić information content (AvgIpc) is 2.48. The van der Waals surface area contributed by atoms with Crippen molar-refractivity contribution in [1.29, 1.82) is 0 Å². The van der Waals surface area contributed by atoms with Crippen LogP contribution in [0.4, 0.5) is 4.39 Å². The van der Waals surface area contributed by atoms with Crippen LogP contribution in [0.15, 0.2) is 24.3 Å². The number of rotatable bonds is 7. The molecule has 112 valence electrons. The molecule has 0 amide bonds. The van der Waals surface area contributed by atoms with E-state index in [1.54, 1.807) is 6.07 Å². The smallest absolute Gasteiger partial charge is 0.128 e. The lowest BCUT2D eigenvalue weighted by Gasteiger charge is -2.24. The summed E-state index contributed by atoms with van der Waals surface area (Å²) in [6.07, 6.45) is 6.60. The largest absolute Gasteiger partial charge is 0.379 e. The predicted octanol–water partition coefficient (Wildman–Crippen LogP) is 4.07. The van der Waals surface area contributed by atoms with E-state index in [9.17, 15) is 4.39 Å². The highest BCUT2D eigenvalue weighted by Crippen LogP contribution is 2.24. The van der Waals surface area contributed by atoms with Gasteiger partial charge in [0.2, 0.25) is 0 Å². The molecule has 3 heteroatoms. The van der Waals surface area contributed by atoms with Crippen molar-refractivity contribution in [2.45, 2.75) is 45.1 Å². The van der Waals surface area contributed by atoms with Crippen LogP contribution in [0.25, 0.3) is 0 Å². The van der Waals surface area contributed by atoms with Gasteiger partial charge in [0.15, 0.2) is 0 Å². The minimum atomic E-state index is -0.153. The lowest BCUT2D eigenvalue weighted by atomic mass is 9.90. The Bertz CT molecular complexity index is 390. The minimum absolute atomic E-state index is 0.0511. The summed E-state index contributed by atoms with van der Waals surface area (Å²) in [7, 11) is 0. The van der Waals surface area contributed by atoms with Gasteiger partial charge < -0.3 is 10.1 Å². The second-order valence-corrected chi connectivity index (χ2v) is 5.67. The topological polar surface area (TPSA) is 21.3 Å². The van der Waals surface area contributed by atoms with E-state index >= 15 is 0 Å². The highest BCUT2D eigenvalue weighted by molar-refractivity contribution is 5.21. The zero-order chi connectivity index (χ0) is 14.2. The van der Waals surface area contributed by atoms with Gasteiger partial charge in [-0.3, -0.25) is 0 Å². The standard InChI is InChI=1S/C17H26FNO/c1-2-19-17(15-10-6-7-11-16(15)18)13-20-12-14-8-4-3-5-9-14/h6-7,10-11,14,17,19H,2-5,8-9,12-13H2,1H3. The fourth-order valence-electron chi connectivity index (χ4n) is 2.97. The Balaban J connectivity index is 1.84. The molecule has 0 spiro atoms. The zero-order valence-electron chi connectivity index (χ0n) is 12.4. The first-order valence-corrected chi connectivity index (χ1v) is 7.86. The van der Waals surface area contributed by atoms with Gasteiger partial charge in [0.25, 0.3) is 0 Å². The number of benzene rings is 1. The van der Waals surface area contributed by atoms with Gasteiger partial charge in [0.05, 0.1) is 12.6 Å². The lowest BCUT2D eigenvalue weighted by molar-refractivity contribution is 0.0690. The van der Waals surface area contributed by atoms with Crippen molar-refractivity contribution in [1.82, 2.24) is 5.32 Å². The molecule has 0 bridgehead atoms. The molecule has 2 rings (SSSR count). The van der Waals surface area contributed by atoms with E-state index in [0.29, 0.717) is 18.1 Å². The van der Waals surface area contributed by atoms with Crippen LogP contribution in [0, 0.1) is 11.7 Å². The molecule has 1 aliphatic rings. The van der Waals surface area contributed by atoms with E-state index in [0.717, 1.165) is 13.2 Å². The zero-order valence-corrected chi connectivity index (χ0v) is 12.4. The molecule has 1 unspecified atom stereocenters. The SMILES string of the molecule is CCNC(COCC1CCCCC1)c1ccccc1F. The van der Waals surface area contributed by atoms with Gasteiger partial charge in [-0.2, -0.15) is 0 Å². The molecule has 1 aromatic rings. The van der Waals surface area contributed by atoms with Crippen molar-refractivity contribution < 1.29 is 9.13 Å². The summed E-state index contributed by atoms with van der Waals surface area (Å²) in [4.78, 5) is 0. The summed E-state index contributed by atoms with van der Waals surface area (Å²) >= 11 is 0. The van der Waals surface area contributed by atoms with Gasteiger partial charge in [-0.1, -0.05) is 44.4 Å². The summed E-state index contributed by atoms with van der Waals surface area (Å²) in [5.74, 6) is 0.548. The molecule has 1 atom stereocenters. The molecular weight excluding hydrogens is 253 g/mol. The number of hydrogen-bond acceptors (Lipinski definition) is 2. The molecule has 1 saturated carbocycles. The minimum Gasteiger partial charge on any atom is -0.379 e. The number of hydrogen-bond donors (Lipinski definition) is 1. The molecule has 20 heavy (non-hydrogen) atoms. The maximum Gasteiger partial charge on any atom is 0.128 e. The van der Waals surface area contributed by atoms with E-state index in [4.69, 9.17) is 4.74 Å². The Kier molecular flexibility index (Phi) is 6.48. The molecule has 2 nitrogen and oxygen atoms in total. The van der Waals surface area contributed by atoms with E-state index in [-0.39, 0.29) is 11.9 Å². The van der Waals surface area contributed by atoms with Crippen LogP contribution in [0.2, 0.25) is 0 Å². The molecule has 1 aromatic carbocycles. The third-order valence-corrected chi connectivity index (χ3v) is 4.09. The molecule has 1 fully saturated rings. The number of halogens is 1. The van der Waals surface area contributed by atoms with E-state index < -0.39 is 0 Å². The normalized spacial score (nSPS) is 18.1. The molecule has 0 aliphatic heterocycles. The molecule has 0 saturated heterocycles. The van der Waals surface area contributed by atoms with Gasteiger partial charge >= 0.3 is 0 Å². The Labute approximate surface area is 121 Å². The summed E-state index contributed by atoms with van der Waals surface area (Å²) in [5.41, 5.74) is 0.706. The Morgan fingerprint density at radius 1 is 1.25 bits per heavy atom. The van der Waals surface area contributed by atoms with Gasteiger partial charge in [-0.15, -0.1) is 0 Å². The molecule has 0 radical (unpaired) electrons. The van der Waals surface area contributed by atoms with Gasteiger partial charge in [0, 0.05) is 12.2 Å². The first-order valence-electron chi connectivity index (χ1n) is 7.86. The monoisotopic (exact) mass is 279 g/mol. The molecule has 0 heterocycles. The Morgan fingerprint density at radius 3 is 2.70 bits per heavy atom. The number of likely N-dealkylation sites (N-methyl/N-ethyl adjacent to an activating group) is 1. The van der Waals surface area contributed by atoms with Crippen LogP contribution in [0.3, 0.4) is 0 Å². The van der Waals surface area contributed by atoms with Crippen LogP contribution < -0.4 is 5.32 Å². The first-order chi connectivity index (χ1) is 9.81. The Morgan fingerprint density at radius 2 is 2.00 bits per heavy atom. The van der Waals surface area contributed by atoms with Crippen LogP contribution in [-0.4, -0.2) is 19.8 Å². The first kappa shape index (κ1) is 15.5. The van der Waals surface area contributed by atoms with Gasteiger partial charge in [-0.25, -0.2) is 4.39 Å². The second-order valence-electron chi connectivity index (χ2n) is 5.67. The van der Waals surface area contributed by atoms with E-state index in [2.05, 4.69) is 5.32 Å². The predicted molar refractivity (Wildman–Crippen MR) is 80.2 cm³/mol. The maximum absolute atomic E-state index is 13.8. The van der Waals surface area contributed by atoms with Crippen LogP contribution >= 0.6 is 0 Å². The van der Waals surface area contributed by atoms with Crippen LogP contribution in [0.5, 0.6) is 0 Å². The highest BCUT2D eigenvalue weighted by atomic mass is 19.1. The van der Waals surface area contributed by atoms with Gasteiger partial charge in [-0.05, 0) is 31.4 Å². The fourth-order valence-corrected chi connectivity index (χ4v) is 2.97. The molecule has 0 aromatic heterocycles. The van der Waals surface area contributed by atoms with Crippen molar-refractivity contribution in [3.63, 3.8) is 0 Å². The van der Waals surface area contributed by atoms with Crippen molar-refractivity contribution in [2.75, 3.05) is 19.8 Å². The van der Waals surface area contributed by atoms with Crippen molar-refractivity contribution >= 4 is 0 Å². The quantitative estimate of drug-likeness (QED) is 0.812. The van der Waals surface area contributed by atoms with Crippen molar-refractivity contribution in [3.05, 3.63) is 35.6 Å². The lowest BCUT2D eigenvalue weighted by Crippen LogP contribution is -2.27. The summed E-state index contributed by atoms with van der Waals surface area (Å²) < 4.78 is 19.7. The van der Waals surface area contributed by atoms with E-state index in [1.807, 2.05) is 19.1 Å². The third-order valence-electron chi connectivity index (χ3n) is 4.09. The second kappa shape index (κ2) is 8.38. The summed E-state index contributed by atoms with van der Waals surface area (Å²) in [6.45, 7) is 4.21. The average molecular weight is 279 g/mol. The highest BCUT2D eigenvalue weighted by Gasteiger charge is 2.17. The van der Waals surface area contributed by atoms with E-state index in [1.165, 1.54) is 38.2 Å². The summed E-state index contributed by atoms with van der Waals surface area (Å²) in [6, 6.07) is 6.91. The van der Waals surface area contributed by atoms with Crippen LogP contribution in [0.1, 0.15) is 50.6 Å². The number of nitrogens with one attached hydrogen (secondary N) is 1. The van der Waals surface area contributed by atoms with Crippen molar-refractivity contribution in [3.8, 4) is 0 Å². The fraction of sp³-hybridized carbons (Fsp3) is 0.647. The van der Waals surface area contributed by atoms with Gasteiger partial charge in [0.1, 0.15) is 5.82 Å². The number of ether oxygens (including phenoxy) is 1. The Hall–Kier alpha value is -0.930.